The average molecular weight is 568 g/mol. The molecule has 39 heavy (non-hydrogen) atoms. The molecule has 0 unspecified atom stereocenters. The maximum absolute atomic E-state index is 13.4. The van der Waals surface area contributed by atoms with Crippen LogP contribution in [-0.4, -0.2) is 67.2 Å². The summed E-state index contributed by atoms with van der Waals surface area (Å²) in [4.78, 5) is 53.1. The molecule has 2 aromatic rings. The quantitative estimate of drug-likeness (QED) is 0.147. The summed E-state index contributed by atoms with van der Waals surface area (Å²) in [6, 6.07) is 15.2. The number of carbonyl (C=O) groups excluding carboxylic acids is 3. The maximum Gasteiger partial charge on any atom is 0.269 e. The number of carbonyl (C=O) groups is 3. The summed E-state index contributed by atoms with van der Waals surface area (Å²) in [6.45, 7) is 3.29. The number of amides is 1. The number of β-lactam (4-membered cyclic amide) rings is 1. The fraction of sp³-hybridized carbons (Fsp3) is 0.393. The van der Waals surface area contributed by atoms with E-state index in [1.165, 1.54) is 28.8 Å². The molecular formula is C28H29N3O6S2. The number of thiol groups is 1. The van der Waals surface area contributed by atoms with Gasteiger partial charge in [0.1, 0.15) is 10.6 Å². The Bertz CT molecular complexity index is 1350. The second-order valence-corrected chi connectivity index (χ2v) is 12.0. The van der Waals surface area contributed by atoms with E-state index in [-0.39, 0.29) is 35.5 Å². The molecule has 0 bridgehead atoms. The summed E-state index contributed by atoms with van der Waals surface area (Å²) in [5, 5.41) is 21.5. The van der Waals surface area contributed by atoms with Crippen LogP contribution in [0.2, 0.25) is 0 Å². The Kier molecular flexibility index (Phi) is 7.69. The summed E-state index contributed by atoms with van der Waals surface area (Å²) >= 11 is 5.57. The maximum atomic E-state index is 13.4. The third-order valence-corrected chi connectivity index (χ3v) is 9.70. The molecule has 9 nitrogen and oxygen atoms in total. The Hall–Kier alpha value is -2.99. The molecule has 3 aliphatic rings. The zero-order valence-corrected chi connectivity index (χ0v) is 23.1. The van der Waals surface area contributed by atoms with Gasteiger partial charge in [-0.3, -0.25) is 34.3 Å². The molecule has 2 aromatic carbocycles. The Balaban J connectivity index is 1.42. The zero-order valence-electron chi connectivity index (χ0n) is 21.4. The molecule has 1 N–H and O–H groups in total. The first-order valence-electron chi connectivity index (χ1n) is 12.9. The predicted molar refractivity (Wildman–Crippen MR) is 150 cm³/mol. The first kappa shape index (κ1) is 27.6. The molecule has 1 amide bonds. The number of thioether (sulfide) groups is 1. The van der Waals surface area contributed by atoms with Crippen molar-refractivity contribution in [3.8, 4) is 0 Å². The number of ketones is 1. The van der Waals surface area contributed by atoms with Crippen LogP contribution < -0.4 is 0 Å². The van der Waals surface area contributed by atoms with Gasteiger partial charge in [0.25, 0.3) is 5.69 Å². The summed E-state index contributed by atoms with van der Waals surface area (Å²) in [6.07, 6.45) is 0.482. The van der Waals surface area contributed by atoms with Crippen molar-refractivity contribution in [2.45, 2.75) is 37.2 Å². The number of nitro benzene ring substituents is 1. The molecule has 0 radical (unpaired) electrons. The fourth-order valence-electron chi connectivity index (χ4n) is 5.89. The topological polar surface area (TPSA) is 121 Å². The van der Waals surface area contributed by atoms with Crippen molar-refractivity contribution in [2.75, 3.05) is 19.6 Å². The third kappa shape index (κ3) is 4.93. The van der Waals surface area contributed by atoms with Gasteiger partial charge in [-0.1, -0.05) is 73.8 Å². The first-order valence-corrected chi connectivity index (χ1v) is 14.1. The summed E-state index contributed by atoms with van der Waals surface area (Å²) in [7, 11) is 0. The van der Waals surface area contributed by atoms with Gasteiger partial charge in [0.15, 0.2) is 5.78 Å². The minimum absolute atomic E-state index is 0.0228. The lowest BCUT2D eigenvalue weighted by molar-refractivity contribution is -0.384. The molecule has 5 rings (SSSR count). The van der Waals surface area contributed by atoms with E-state index in [2.05, 4.69) is 17.5 Å². The highest BCUT2D eigenvalue weighted by molar-refractivity contribution is 8.05. The van der Waals surface area contributed by atoms with Gasteiger partial charge in [-0.2, -0.15) is 0 Å². The van der Waals surface area contributed by atoms with Gasteiger partial charge in [-0.25, -0.2) is 0 Å². The van der Waals surface area contributed by atoms with Crippen molar-refractivity contribution in [2.24, 2.45) is 11.8 Å². The van der Waals surface area contributed by atoms with Crippen molar-refractivity contribution >= 4 is 46.9 Å². The molecule has 2 fully saturated rings. The Morgan fingerprint density at radius 3 is 2.51 bits per heavy atom. The van der Waals surface area contributed by atoms with Gasteiger partial charge in [0.05, 0.1) is 23.5 Å². The second kappa shape index (κ2) is 10.9. The first-order chi connectivity index (χ1) is 18.7. The number of benzene rings is 2. The van der Waals surface area contributed by atoms with E-state index < -0.39 is 26.9 Å². The van der Waals surface area contributed by atoms with Crippen molar-refractivity contribution < 1.29 is 24.4 Å². The molecule has 0 saturated carbocycles. The van der Waals surface area contributed by atoms with Crippen LogP contribution in [0.1, 0.15) is 35.7 Å². The van der Waals surface area contributed by atoms with Crippen molar-refractivity contribution in [1.29, 1.82) is 0 Å². The van der Waals surface area contributed by atoms with Gasteiger partial charge in [-0.15, -0.1) is 0 Å². The van der Waals surface area contributed by atoms with E-state index in [1.807, 2.05) is 18.2 Å². The lowest BCUT2D eigenvalue weighted by atomic mass is 9.77. The molecule has 3 heterocycles. The van der Waals surface area contributed by atoms with Crippen molar-refractivity contribution in [3.05, 3.63) is 86.4 Å². The highest BCUT2D eigenvalue weighted by atomic mass is 32.2. The van der Waals surface area contributed by atoms with Gasteiger partial charge in [0, 0.05) is 41.5 Å². The summed E-state index contributed by atoms with van der Waals surface area (Å²) in [5.74, 6) is -1.11. The van der Waals surface area contributed by atoms with E-state index >= 15 is 0 Å². The molecule has 0 aromatic heterocycles. The van der Waals surface area contributed by atoms with Crippen LogP contribution >= 0.6 is 24.4 Å². The van der Waals surface area contributed by atoms with E-state index in [1.54, 1.807) is 31.2 Å². The van der Waals surface area contributed by atoms with Crippen LogP contribution in [0.15, 0.2) is 65.2 Å². The van der Waals surface area contributed by atoms with Crippen molar-refractivity contribution in [1.82, 2.24) is 9.80 Å². The highest BCUT2D eigenvalue weighted by Crippen LogP contribution is 2.62. The minimum Gasteiger partial charge on any atom is -0.392 e. The third-order valence-electron chi connectivity index (χ3n) is 7.81. The normalized spacial score (nSPS) is 25.4. The van der Waals surface area contributed by atoms with Crippen LogP contribution in [-0.2, 0) is 16.0 Å². The summed E-state index contributed by atoms with van der Waals surface area (Å²) < 4.78 is 0. The molecular weight excluding hydrogens is 538 g/mol. The van der Waals surface area contributed by atoms with E-state index in [0.29, 0.717) is 37.9 Å². The SMILES string of the molecule is CC[C@H](O)[C@@H]1C(=O)N2C(C(=O)S)=C([C@H]3CCN(CC(=O)c4ccccc4)C3)S[C@]12Cc1ccc([N+](=O)[O-])cc1. The molecule has 11 heteroatoms. The number of hydrogen-bond acceptors (Lipinski definition) is 8. The molecule has 0 spiro atoms. The van der Waals surface area contributed by atoms with Gasteiger partial charge in [-0.05, 0) is 24.9 Å². The van der Waals surface area contributed by atoms with Gasteiger partial charge >= 0.3 is 0 Å². The molecule has 2 saturated heterocycles. The van der Waals surface area contributed by atoms with Crippen LogP contribution in [0, 0.1) is 22.0 Å². The molecule has 4 atom stereocenters. The second-order valence-electron chi connectivity index (χ2n) is 10.2. The fourth-order valence-corrected chi connectivity index (χ4v) is 8.10. The number of non-ortho nitro benzene ring substituents is 1. The highest BCUT2D eigenvalue weighted by Gasteiger charge is 2.68. The monoisotopic (exact) mass is 567 g/mol. The minimum atomic E-state index is -0.932. The number of nitro groups is 1. The van der Waals surface area contributed by atoms with E-state index in [4.69, 9.17) is 0 Å². The Morgan fingerprint density at radius 2 is 1.90 bits per heavy atom. The predicted octanol–water partition coefficient (Wildman–Crippen LogP) is 3.68. The standard InChI is InChI=1S/C28H29N3O6S2/c1-2-21(32)23-26(34)30-24(27(35)38)25(39-28(23,30)14-17-8-10-20(11-9-17)31(36)37)19-12-13-29(15-19)16-22(33)18-6-4-3-5-7-18/h3-11,19,21,23,32H,2,12-16H2,1H3,(H,35,38)/t19-,21-,23+,28+/m0/s1. The number of nitrogens with zero attached hydrogens (tertiary/aromatic N) is 3. The number of Topliss-reactive ketones (excluding diaryl/α,β-unsaturated/α-hetero) is 1. The van der Waals surface area contributed by atoms with Crippen LogP contribution in [0.25, 0.3) is 0 Å². The largest absolute Gasteiger partial charge is 0.392 e. The zero-order chi connectivity index (χ0) is 27.9. The Morgan fingerprint density at radius 1 is 1.21 bits per heavy atom. The molecule has 204 valence electrons. The van der Waals surface area contributed by atoms with Crippen LogP contribution in [0.4, 0.5) is 5.69 Å². The molecule has 0 aliphatic carbocycles. The number of aliphatic hydroxyl groups is 1. The van der Waals surface area contributed by atoms with E-state index in [9.17, 15) is 29.6 Å². The van der Waals surface area contributed by atoms with Gasteiger partial charge < -0.3 is 5.11 Å². The number of fused-ring (bicyclic) bond motifs is 1. The number of rotatable bonds is 10. The van der Waals surface area contributed by atoms with Gasteiger partial charge in [0.2, 0.25) is 11.0 Å². The number of hydrogen-bond donors (Lipinski definition) is 2. The average Bonchev–Trinajstić information content (AvgIpc) is 3.50. The number of likely N-dealkylation sites (tertiary alicyclic amines) is 1. The molecule has 3 aliphatic heterocycles. The lowest BCUT2D eigenvalue weighted by Crippen LogP contribution is -2.71. The summed E-state index contributed by atoms with van der Waals surface area (Å²) in [5.41, 5.74) is 1.61. The lowest BCUT2D eigenvalue weighted by Gasteiger charge is -2.55. The Labute approximate surface area is 235 Å². The van der Waals surface area contributed by atoms with E-state index in [0.717, 1.165) is 10.5 Å². The number of aliphatic hydroxyl groups excluding tert-OH is 1. The van der Waals surface area contributed by atoms with Crippen molar-refractivity contribution in [3.63, 3.8) is 0 Å². The van der Waals surface area contributed by atoms with Crippen LogP contribution in [0.3, 0.4) is 0 Å². The van der Waals surface area contributed by atoms with Crippen LogP contribution in [0.5, 0.6) is 0 Å². The smallest absolute Gasteiger partial charge is 0.269 e.